The lowest BCUT2D eigenvalue weighted by molar-refractivity contribution is -0.384. The molecular weight excluding hydrogens is 514 g/mol. The van der Waals surface area contributed by atoms with E-state index < -0.39 is 22.5 Å². The van der Waals surface area contributed by atoms with Gasteiger partial charge in [0.2, 0.25) is 5.82 Å². The van der Waals surface area contributed by atoms with Crippen LogP contribution in [0.1, 0.15) is 11.4 Å². The molecule has 3 aromatic carbocycles. The first kappa shape index (κ1) is 24.6. The first-order chi connectivity index (χ1) is 18.1. The van der Waals surface area contributed by atoms with Crippen LogP contribution in [0.25, 0.3) is 33.6 Å². The van der Waals surface area contributed by atoms with Crippen molar-refractivity contribution in [3.8, 4) is 28.3 Å². The molecule has 0 aliphatic heterocycles. The van der Waals surface area contributed by atoms with Crippen molar-refractivity contribution in [2.45, 2.75) is 12.8 Å². The molecule has 0 amide bonds. The lowest BCUT2D eigenvalue weighted by Crippen LogP contribution is -2.05. The molecule has 0 saturated heterocycles. The van der Waals surface area contributed by atoms with Gasteiger partial charge in [0, 0.05) is 23.8 Å². The Morgan fingerprint density at radius 1 is 1.00 bits per heavy atom. The van der Waals surface area contributed by atoms with Crippen LogP contribution in [0.4, 0.5) is 23.2 Å². The molecule has 0 spiro atoms. The van der Waals surface area contributed by atoms with Gasteiger partial charge in [0.25, 0.3) is 11.6 Å². The summed E-state index contributed by atoms with van der Waals surface area (Å²) in [7, 11) is 0. The smallest absolute Gasteiger partial charge is 0.416 e. The van der Waals surface area contributed by atoms with Gasteiger partial charge in [0.15, 0.2) is 12.0 Å². The van der Waals surface area contributed by atoms with Crippen LogP contribution in [-0.4, -0.2) is 15.1 Å². The Labute approximate surface area is 209 Å². The maximum Gasteiger partial charge on any atom is 0.416 e. The fraction of sp³-hybridized carbons (Fsp3) is 0.0800. The molecule has 0 bridgehead atoms. The number of aromatic nitrogens is 2. The van der Waals surface area contributed by atoms with E-state index in [9.17, 15) is 32.5 Å². The quantitative estimate of drug-likeness (QED) is 0.146. The third-order valence-electron chi connectivity index (χ3n) is 5.44. The number of benzene rings is 3. The van der Waals surface area contributed by atoms with Crippen molar-refractivity contribution >= 4 is 16.7 Å². The topological polar surface area (TPSA) is 122 Å². The number of ether oxygens (including phenoxy) is 1. The van der Waals surface area contributed by atoms with E-state index in [2.05, 4.69) is 10.1 Å². The number of alkyl halides is 3. The molecule has 38 heavy (non-hydrogen) atoms. The Kier molecular flexibility index (Phi) is 6.11. The number of halogens is 4. The number of rotatable bonds is 6. The van der Waals surface area contributed by atoms with E-state index in [1.165, 1.54) is 48.7 Å². The number of non-ortho nitro benzene ring substituents is 1. The van der Waals surface area contributed by atoms with Crippen molar-refractivity contribution in [2.24, 2.45) is 0 Å². The molecule has 13 heteroatoms. The average Bonchev–Trinajstić information content (AvgIpc) is 3.36. The molecule has 0 N–H and O–H groups in total. The summed E-state index contributed by atoms with van der Waals surface area (Å²) < 4.78 is 68.6. The Morgan fingerprint density at radius 2 is 1.76 bits per heavy atom. The standard InChI is InChI=1S/C25H13F4N3O6/c26-16-8-14(7-15(9-16)25(27,28)29)24-30-22(31-38-24)12-36-18-5-6-19-21(10-18)37-11-20(23(19)33)13-1-3-17(4-2-13)32(34)35/h1-11H,12H2. The van der Waals surface area contributed by atoms with Gasteiger partial charge in [0.05, 0.1) is 21.4 Å². The first-order valence-electron chi connectivity index (χ1n) is 10.7. The average molecular weight is 527 g/mol. The van der Waals surface area contributed by atoms with Crippen molar-refractivity contribution in [3.05, 3.63) is 104 Å². The van der Waals surface area contributed by atoms with Gasteiger partial charge >= 0.3 is 6.18 Å². The third kappa shape index (κ3) is 4.93. The van der Waals surface area contributed by atoms with E-state index in [0.717, 1.165) is 6.07 Å². The number of hydrogen-bond donors (Lipinski definition) is 0. The van der Waals surface area contributed by atoms with Crippen LogP contribution in [0, 0.1) is 15.9 Å². The number of nitrogens with zero attached hydrogens (tertiary/aromatic N) is 3. The fourth-order valence-corrected chi connectivity index (χ4v) is 3.61. The molecule has 0 unspecified atom stereocenters. The summed E-state index contributed by atoms with van der Waals surface area (Å²) in [6.07, 6.45) is -3.52. The van der Waals surface area contributed by atoms with Crippen molar-refractivity contribution in [1.29, 1.82) is 0 Å². The Bertz CT molecular complexity index is 1730. The van der Waals surface area contributed by atoms with Gasteiger partial charge < -0.3 is 13.7 Å². The van der Waals surface area contributed by atoms with E-state index in [4.69, 9.17) is 13.7 Å². The molecule has 192 valence electrons. The van der Waals surface area contributed by atoms with Crippen LogP contribution in [-0.2, 0) is 12.8 Å². The van der Waals surface area contributed by atoms with Gasteiger partial charge in [-0.05, 0) is 48.0 Å². The SMILES string of the molecule is O=c1c(-c2ccc([N+](=O)[O-])cc2)coc2cc(OCc3noc(-c4cc(F)cc(C(F)(F)F)c4)n3)ccc12. The van der Waals surface area contributed by atoms with Gasteiger partial charge in [-0.25, -0.2) is 4.39 Å². The van der Waals surface area contributed by atoms with Crippen molar-refractivity contribution in [1.82, 2.24) is 10.1 Å². The van der Waals surface area contributed by atoms with Crippen LogP contribution in [0.15, 0.2) is 80.7 Å². The second kappa shape index (κ2) is 9.42. The molecule has 0 atom stereocenters. The molecule has 0 fully saturated rings. The van der Waals surface area contributed by atoms with Crippen LogP contribution < -0.4 is 10.2 Å². The van der Waals surface area contributed by atoms with Gasteiger partial charge in [-0.3, -0.25) is 14.9 Å². The summed E-state index contributed by atoms with van der Waals surface area (Å²) in [5.74, 6) is -1.19. The van der Waals surface area contributed by atoms with Crippen LogP contribution >= 0.6 is 0 Å². The summed E-state index contributed by atoms with van der Waals surface area (Å²) in [6.45, 7) is -0.248. The zero-order valence-electron chi connectivity index (χ0n) is 18.9. The summed E-state index contributed by atoms with van der Waals surface area (Å²) in [5, 5.41) is 14.7. The van der Waals surface area contributed by atoms with Crippen molar-refractivity contribution < 1.29 is 36.2 Å². The molecule has 5 aromatic rings. The highest BCUT2D eigenvalue weighted by molar-refractivity contribution is 5.82. The first-order valence-corrected chi connectivity index (χ1v) is 10.7. The molecule has 0 radical (unpaired) electrons. The normalized spacial score (nSPS) is 11.6. The van der Waals surface area contributed by atoms with Crippen molar-refractivity contribution in [2.75, 3.05) is 0 Å². The minimum Gasteiger partial charge on any atom is -0.485 e. The van der Waals surface area contributed by atoms with Crippen LogP contribution in [0.3, 0.4) is 0 Å². The molecule has 5 rings (SSSR count). The molecule has 2 heterocycles. The van der Waals surface area contributed by atoms with E-state index in [-0.39, 0.29) is 57.3 Å². The highest BCUT2D eigenvalue weighted by atomic mass is 19.4. The fourth-order valence-electron chi connectivity index (χ4n) is 3.61. The maximum absolute atomic E-state index is 13.7. The lowest BCUT2D eigenvalue weighted by Gasteiger charge is -2.07. The zero-order chi connectivity index (χ0) is 27.0. The van der Waals surface area contributed by atoms with Gasteiger partial charge in [0.1, 0.15) is 23.4 Å². The lowest BCUT2D eigenvalue weighted by atomic mass is 10.1. The van der Waals surface area contributed by atoms with Gasteiger partial charge in [-0.2, -0.15) is 18.2 Å². The number of nitro benzene ring substituents is 1. The molecule has 0 aliphatic rings. The van der Waals surface area contributed by atoms with E-state index in [1.807, 2.05) is 0 Å². The monoisotopic (exact) mass is 527 g/mol. The number of fused-ring (bicyclic) bond motifs is 1. The second-order valence-electron chi connectivity index (χ2n) is 7.97. The molecule has 0 aliphatic carbocycles. The highest BCUT2D eigenvalue weighted by Crippen LogP contribution is 2.33. The minimum absolute atomic E-state index is 0.0205. The summed E-state index contributed by atoms with van der Waals surface area (Å²) in [5.41, 5.74) is -1.05. The van der Waals surface area contributed by atoms with Crippen LogP contribution in [0.2, 0.25) is 0 Å². The molecular formula is C25H13F4N3O6. The Morgan fingerprint density at radius 3 is 2.47 bits per heavy atom. The predicted octanol–water partition coefficient (Wildman–Crippen LogP) is 6.16. The molecule has 2 aromatic heterocycles. The Balaban J connectivity index is 1.33. The molecule has 0 saturated carbocycles. The van der Waals surface area contributed by atoms with E-state index in [1.54, 1.807) is 0 Å². The summed E-state index contributed by atoms with van der Waals surface area (Å²) >= 11 is 0. The van der Waals surface area contributed by atoms with Gasteiger partial charge in [-0.1, -0.05) is 5.16 Å². The predicted molar refractivity (Wildman–Crippen MR) is 124 cm³/mol. The Hall–Kier alpha value is -5.07. The van der Waals surface area contributed by atoms with E-state index >= 15 is 0 Å². The maximum atomic E-state index is 13.7. The number of nitro groups is 1. The second-order valence-corrected chi connectivity index (χ2v) is 7.97. The largest absolute Gasteiger partial charge is 0.485 e. The zero-order valence-corrected chi connectivity index (χ0v) is 18.9. The van der Waals surface area contributed by atoms with E-state index in [0.29, 0.717) is 17.7 Å². The summed E-state index contributed by atoms with van der Waals surface area (Å²) in [4.78, 5) is 27.2. The van der Waals surface area contributed by atoms with Crippen molar-refractivity contribution in [3.63, 3.8) is 0 Å². The minimum atomic E-state index is -4.75. The van der Waals surface area contributed by atoms with Gasteiger partial charge in [-0.15, -0.1) is 0 Å². The summed E-state index contributed by atoms with van der Waals surface area (Å²) in [6, 6.07) is 11.7. The van der Waals surface area contributed by atoms with Crippen LogP contribution in [0.5, 0.6) is 5.75 Å². The number of hydrogen-bond acceptors (Lipinski definition) is 8. The highest BCUT2D eigenvalue weighted by Gasteiger charge is 2.32. The third-order valence-corrected chi connectivity index (χ3v) is 5.44. The molecule has 9 nitrogen and oxygen atoms in total.